The zero-order chi connectivity index (χ0) is 12.1. The Morgan fingerprint density at radius 1 is 1.41 bits per heavy atom. The molecule has 0 radical (unpaired) electrons. The van der Waals surface area contributed by atoms with Gasteiger partial charge in [-0.15, -0.1) is 0 Å². The molecule has 0 spiro atoms. The minimum Gasteiger partial charge on any atom is -0.466 e. The topological polar surface area (TPSA) is 42.1 Å². The number of hydrogen-bond acceptors (Lipinski definition) is 2. The molecule has 0 bridgehead atoms. The largest absolute Gasteiger partial charge is 0.466 e. The summed E-state index contributed by atoms with van der Waals surface area (Å²) in [6, 6.07) is 8.07. The summed E-state index contributed by atoms with van der Waals surface area (Å²) < 4.78 is 4.86. The van der Waals surface area contributed by atoms with Gasteiger partial charge in [0.05, 0.1) is 13.0 Å². The second-order valence-corrected chi connectivity index (χ2v) is 3.70. The summed E-state index contributed by atoms with van der Waals surface area (Å²) in [5, 5.41) is 1.16. The summed E-state index contributed by atoms with van der Waals surface area (Å²) in [6.45, 7) is 2.24. The third-order valence-corrected chi connectivity index (χ3v) is 2.52. The number of aromatic nitrogens is 1. The zero-order valence-electron chi connectivity index (χ0n) is 9.77. The molecule has 0 unspecified atom stereocenters. The Bertz CT molecular complexity index is 540. The average Bonchev–Trinajstić information content (AvgIpc) is 2.78. The Morgan fingerprint density at radius 3 is 3.12 bits per heavy atom. The van der Waals surface area contributed by atoms with Gasteiger partial charge in [0.15, 0.2) is 0 Å². The van der Waals surface area contributed by atoms with E-state index in [0.717, 1.165) is 16.5 Å². The van der Waals surface area contributed by atoms with Gasteiger partial charge < -0.3 is 9.72 Å². The number of fused-ring (bicyclic) bond motifs is 1. The molecule has 88 valence electrons. The molecule has 0 saturated heterocycles. The molecule has 0 aliphatic carbocycles. The first-order valence-electron chi connectivity index (χ1n) is 5.69. The highest BCUT2D eigenvalue weighted by atomic mass is 16.5. The van der Waals surface area contributed by atoms with Gasteiger partial charge in [0.2, 0.25) is 0 Å². The van der Waals surface area contributed by atoms with E-state index in [-0.39, 0.29) is 5.97 Å². The van der Waals surface area contributed by atoms with Crippen molar-refractivity contribution in [2.24, 2.45) is 0 Å². The molecule has 1 heterocycles. The highest BCUT2D eigenvalue weighted by molar-refractivity contribution is 5.88. The van der Waals surface area contributed by atoms with Crippen molar-refractivity contribution < 1.29 is 9.53 Å². The Morgan fingerprint density at radius 2 is 2.29 bits per heavy atom. The van der Waals surface area contributed by atoms with Crippen molar-refractivity contribution >= 4 is 22.9 Å². The lowest BCUT2D eigenvalue weighted by Crippen LogP contribution is -2.01. The molecular weight excluding hydrogens is 214 g/mol. The number of nitrogens with one attached hydrogen (secondary N) is 1. The van der Waals surface area contributed by atoms with Crippen molar-refractivity contribution in [3.8, 4) is 0 Å². The van der Waals surface area contributed by atoms with Crippen LogP contribution in [-0.4, -0.2) is 17.6 Å². The Kier molecular flexibility index (Phi) is 3.60. The van der Waals surface area contributed by atoms with Crippen LogP contribution in [0.1, 0.15) is 18.9 Å². The fourth-order valence-electron chi connectivity index (χ4n) is 1.76. The van der Waals surface area contributed by atoms with Gasteiger partial charge in [-0.25, -0.2) is 0 Å². The Balaban J connectivity index is 2.10. The summed E-state index contributed by atoms with van der Waals surface area (Å²) in [7, 11) is 0. The number of hydrogen-bond donors (Lipinski definition) is 1. The maximum atomic E-state index is 11.2. The highest BCUT2D eigenvalue weighted by Crippen LogP contribution is 2.18. The van der Waals surface area contributed by atoms with Crippen LogP contribution in [0.15, 0.2) is 36.5 Å². The highest BCUT2D eigenvalue weighted by Gasteiger charge is 1.99. The maximum absolute atomic E-state index is 11.2. The Hall–Kier alpha value is -2.03. The molecule has 17 heavy (non-hydrogen) atoms. The molecule has 0 aliphatic heterocycles. The molecule has 2 aromatic rings. The minimum absolute atomic E-state index is 0.190. The van der Waals surface area contributed by atoms with E-state index >= 15 is 0 Å². The molecule has 3 nitrogen and oxygen atoms in total. The van der Waals surface area contributed by atoms with Crippen LogP contribution in [0.3, 0.4) is 0 Å². The average molecular weight is 229 g/mol. The lowest BCUT2D eigenvalue weighted by Gasteiger charge is -1.98. The van der Waals surface area contributed by atoms with Crippen molar-refractivity contribution in [2.75, 3.05) is 6.61 Å². The fourth-order valence-corrected chi connectivity index (χ4v) is 1.76. The molecule has 0 fully saturated rings. The Labute approximate surface area is 100 Å². The summed E-state index contributed by atoms with van der Waals surface area (Å²) in [4.78, 5) is 14.3. The smallest absolute Gasteiger partial charge is 0.309 e. The van der Waals surface area contributed by atoms with Gasteiger partial charge in [-0.05, 0) is 24.6 Å². The predicted octanol–water partition coefficient (Wildman–Crippen LogP) is 3.13. The van der Waals surface area contributed by atoms with Gasteiger partial charge in [0.25, 0.3) is 0 Å². The van der Waals surface area contributed by atoms with E-state index < -0.39 is 0 Å². The molecule has 0 atom stereocenters. The zero-order valence-corrected chi connectivity index (χ0v) is 9.77. The molecule has 0 amide bonds. The summed E-state index contributed by atoms with van der Waals surface area (Å²) in [5.74, 6) is -0.190. The predicted molar refractivity (Wildman–Crippen MR) is 68.6 cm³/mol. The van der Waals surface area contributed by atoms with E-state index in [0.29, 0.717) is 13.0 Å². The van der Waals surface area contributed by atoms with Gasteiger partial charge >= 0.3 is 5.97 Å². The lowest BCUT2D eigenvalue weighted by molar-refractivity contribution is -0.142. The molecular formula is C14H15NO2. The summed E-state index contributed by atoms with van der Waals surface area (Å²) >= 11 is 0. The van der Waals surface area contributed by atoms with Crippen LogP contribution in [-0.2, 0) is 9.53 Å². The van der Waals surface area contributed by atoms with Crippen LogP contribution in [0, 0.1) is 0 Å². The molecule has 1 aromatic heterocycles. The van der Waals surface area contributed by atoms with Crippen molar-refractivity contribution in [3.05, 3.63) is 42.1 Å². The quantitative estimate of drug-likeness (QED) is 0.818. The van der Waals surface area contributed by atoms with Gasteiger partial charge in [0.1, 0.15) is 0 Å². The molecule has 0 aliphatic rings. The third-order valence-electron chi connectivity index (χ3n) is 2.52. The molecule has 1 N–H and O–H groups in total. The van der Waals surface area contributed by atoms with Crippen LogP contribution in [0.25, 0.3) is 17.0 Å². The van der Waals surface area contributed by atoms with E-state index in [4.69, 9.17) is 4.74 Å². The van der Waals surface area contributed by atoms with Crippen LogP contribution in [0.2, 0.25) is 0 Å². The van der Waals surface area contributed by atoms with Crippen molar-refractivity contribution in [3.63, 3.8) is 0 Å². The lowest BCUT2D eigenvalue weighted by atomic mass is 10.1. The second-order valence-electron chi connectivity index (χ2n) is 3.70. The third kappa shape index (κ3) is 2.75. The fraction of sp³-hybridized carbons (Fsp3) is 0.214. The number of esters is 1. The van der Waals surface area contributed by atoms with E-state index in [1.54, 1.807) is 0 Å². The molecule has 0 saturated carbocycles. The first kappa shape index (κ1) is 11.5. The number of ether oxygens (including phenoxy) is 1. The summed E-state index contributed by atoms with van der Waals surface area (Å²) in [6.07, 6.45) is 6.01. The monoisotopic (exact) mass is 229 g/mol. The standard InChI is InChI=1S/C14H15NO2/c1-2-17-14(16)8-4-6-11-5-3-7-13-12(11)9-10-15-13/h3-7,9-10,15H,2,8H2,1H3. The van der Waals surface area contributed by atoms with Gasteiger partial charge in [-0.2, -0.15) is 0 Å². The van der Waals surface area contributed by atoms with Gasteiger partial charge in [-0.1, -0.05) is 24.3 Å². The van der Waals surface area contributed by atoms with Crippen LogP contribution in [0.4, 0.5) is 0 Å². The normalized spacial score (nSPS) is 11.1. The van der Waals surface area contributed by atoms with E-state index in [2.05, 4.69) is 4.98 Å². The SMILES string of the molecule is CCOC(=O)CC=Cc1cccc2[nH]ccc12. The molecule has 2 rings (SSSR count). The minimum atomic E-state index is -0.190. The van der Waals surface area contributed by atoms with Crippen LogP contribution in [0.5, 0.6) is 0 Å². The number of aromatic amines is 1. The molecule has 3 heteroatoms. The van der Waals surface area contributed by atoms with E-state index in [1.165, 1.54) is 0 Å². The van der Waals surface area contributed by atoms with Gasteiger partial charge in [0, 0.05) is 17.1 Å². The number of benzene rings is 1. The summed E-state index contributed by atoms with van der Waals surface area (Å²) in [5.41, 5.74) is 2.20. The van der Waals surface area contributed by atoms with E-state index in [9.17, 15) is 4.79 Å². The van der Waals surface area contributed by atoms with Gasteiger partial charge in [-0.3, -0.25) is 4.79 Å². The molecule has 1 aromatic carbocycles. The van der Waals surface area contributed by atoms with Crippen LogP contribution >= 0.6 is 0 Å². The first-order chi connectivity index (χ1) is 8.31. The van der Waals surface area contributed by atoms with Crippen molar-refractivity contribution in [2.45, 2.75) is 13.3 Å². The van der Waals surface area contributed by atoms with Crippen molar-refractivity contribution in [1.29, 1.82) is 0 Å². The maximum Gasteiger partial charge on any atom is 0.309 e. The second kappa shape index (κ2) is 5.34. The van der Waals surface area contributed by atoms with E-state index in [1.807, 2.05) is 49.5 Å². The van der Waals surface area contributed by atoms with Crippen LogP contribution < -0.4 is 0 Å². The number of rotatable bonds is 4. The number of H-pyrrole nitrogens is 1. The van der Waals surface area contributed by atoms with Crippen molar-refractivity contribution in [1.82, 2.24) is 4.98 Å². The first-order valence-corrected chi connectivity index (χ1v) is 5.69. The number of carbonyl (C=O) groups is 1. The number of carbonyl (C=O) groups excluding carboxylic acids is 1.